The highest BCUT2D eigenvalue weighted by atomic mass is 32.2. The zero-order chi connectivity index (χ0) is 21.3. The molecule has 1 heterocycles. The molecule has 2 nitrogen and oxygen atoms in total. The summed E-state index contributed by atoms with van der Waals surface area (Å²) in [5.74, 6) is 3.64. The van der Waals surface area contributed by atoms with Crippen LogP contribution in [0.15, 0.2) is 71.8 Å². The molecule has 0 bridgehead atoms. The lowest BCUT2D eigenvalue weighted by Gasteiger charge is -2.44. The predicted octanol–water partition coefficient (Wildman–Crippen LogP) is 6.91. The number of rotatable bonds is 4. The van der Waals surface area contributed by atoms with E-state index in [1.54, 1.807) is 0 Å². The maximum atomic E-state index is 13.5. The summed E-state index contributed by atoms with van der Waals surface area (Å²) >= 11 is 4.15. The van der Waals surface area contributed by atoms with Gasteiger partial charge in [-0.2, -0.15) is 0 Å². The summed E-state index contributed by atoms with van der Waals surface area (Å²) in [7, 11) is 0. The third-order valence-corrected chi connectivity index (χ3v) is 10.2. The summed E-state index contributed by atoms with van der Waals surface area (Å²) in [6.07, 6.45) is 8.49. The molecule has 1 unspecified atom stereocenters. The second-order valence-electron chi connectivity index (χ2n) is 8.85. The molecule has 0 amide bonds. The van der Waals surface area contributed by atoms with Crippen molar-refractivity contribution in [1.82, 2.24) is 0 Å². The van der Waals surface area contributed by atoms with E-state index in [-0.39, 0.29) is 9.49 Å². The molecular formula is C27H28O2S2. The Balaban J connectivity index is 1.29. The molecule has 2 aliphatic carbocycles. The number of carbonyl (C=O) groups is 1. The first kappa shape index (κ1) is 21.0. The highest BCUT2D eigenvalue weighted by Gasteiger charge is 2.49. The van der Waals surface area contributed by atoms with Crippen LogP contribution in [-0.2, 0) is 11.4 Å². The minimum Gasteiger partial charge on any atom is -0.489 e. The van der Waals surface area contributed by atoms with Crippen LogP contribution in [0.25, 0.3) is 6.08 Å². The van der Waals surface area contributed by atoms with Crippen molar-refractivity contribution in [2.45, 2.75) is 43.3 Å². The van der Waals surface area contributed by atoms with Gasteiger partial charge in [-0.25, -0.2) is 0 Å². The van der Waals surface area contributed by atoms with Gasteiger partial charge in [0.2, 0.25) is 0 Å². The van der Waals surface area contributed by atoms with Gasteiger partial charge >= 0.3 is 0 Å². The van der Waals surface area contributed by atoms with Crippen molar-refractivity contribution in [2.75, 3.05) is 11.5 Å². The number of allylic oxidation sites excluding steroid dienone is 2. The second-order valence-corrected chi connectivity index (χ2v) is 12.0. The van der Waals surface area contributed by atoms with E-state index in [0.717, 1.165) is 48.1 Å². The molecule has 1 saturated heterocycles. The molecule has 0 radical (unpaired) electrons. The number of benzene rings is 2. The number of hydrogen-bond acceptors (Lipinski definition) is 4. The van der Waals surface area contributed by atoms with E-state index < -0.39 is 0 Å². The maximum Gasteiger partial charge on any atom is 0.168 e. The van der Waals surface area contributed by atoms with E-state index in [9.17, 15) is 4.79 Å². The number of Topliss-reactive ketones (excluding diaryl/α,β-unsaturated/α-hetero) is 1. The number of hydrogen-bond donors (Lipinski definition) is 0. The smallest absolute Gasteiger partial charge is 0.168 e. The monoisotopic (exact) mass is 448 g/mol. The van der Waals surface area contributed by atoms with E-state index in [0.29, 0.717) is 12.4 Å². The largest absolute Gasteiger partial charge is 0.489 e. The van der Waals surface area contributed by atoms with Crippen molar-refractivity contribution in [3.63, 3.8) is 0 Å². The molecule has 2 fully saturated rings. The van der Waals surface area contributed by atoms with Gasteiger partial charge in [-0.05, 0) is 67.5 Å². The van der Waals surface area contributed by atoms with Crippen LogP contribution in [0.5, 0.6) is 5.75 Å². The molecular weight excluding hydrogens is 420 g/mol. The van der Waals surface area contributed by atoms with E-state index in [2.05, 4.69) is 66.9 Å². The Morgan fingerprint density at radius 3 is 2.45 bits per heavy atom. The minimum absolute atomic E-state index is 0.242. The molecule has 2 aromatic rings. The Kier molecular flexibility index (Phi) is 5.78. The second kappa shape index (κ2) is 8.55. The lowest BCUT2D eigenvalue weighted by molar-refractivity contribution is -0.123. The quantitative estimate of drug-likeness (QED) is 0.375. The average Bonchev–Trinajstić information content (AvgIpc) is 3.26. The van der Waals surface area contributed by atoms with Crippen molar-refractivity contribution < 1.29 is 9.53 Å². The zero-order valence-corrected chi connectivity index (χ0v) is 19.6. The van der Waals surface area contributed by atoms with Gasteiger partial charge in [0.15, 0.2) is 5.78 Å². The molecule has 1 spiro atoms. The highest BCUT2D eigenvalue weighted by molar-refractivity contribution is 8.21. The summed E-state index contributed by atoms with van der Waals surface area (Å²) in [4.78, 5) is 13.5. The van der Waals surface area contributed by atoms with Gasteiger partial charge < -0.3 is 4.74 Å². The SMILES string of the molecule is CC12CCC3(C=C1CC/C(=C\c1ccc(OCc4ccccc4)cc1)C2=O)SCCS3. The molecule has 0 aromatic heterocycles. The Morgan fingerprint density at radius 1 is 0.968 bits per heavy atom. The third-order valence-electron chi connectivity index (χ3n) is 6.78. The van der Waals surface area contributed by atoms with Crippen LogP contribution in [0.4, 0.5) is 0 Å². The predicted molar refractivity (Wildman–Crippen MR) is 133 cm³/mol. The van der Waals surface area contributed by atoms with Crippen LogP contribution < -0.4 is 4.74 Å². The number of carbonyl (C=O) groups excluding carboxylic acids is 1. The van der Waals surface area contributed by atoms with E-state index in [1.165, 1.54) is 17.1 Å². The standard InChI is InChI=1S/C27H28O2S2/c1-26-13-14-27(30-15-16-31-27)18-23(26)10-9-22(25(26)28)17-20-7-11-24(12-8-20)29-19-21-5-3-2-4-6-21/h2-8,11-12,17-18H,9-10,13-16,19H2,1H3/b22-17+. The first-order valence-corrected chi connectivity index (χ1v) is 13.1. The van der Waals surface area contributed by atoms with E-state index in [4.69, 9.17) is 4.74 Å². The normalized spacial score (nSPS) is 26.0. The summed E-state index contributed by atoms with van der Waals surface area (Å²) in [5, 5.41) is 0. The minimum atomic E-state index is -0.308. The van der Waals surface area contributed by atoms with Crippen molar-refractivity contribution in [3.8, 4) is 5.75 Å². The van der Waals surface area contributed by atoms with Crippen LogP contribution in [0.3, 0.4) is 0 Å². The third kappa shape index (κ3) is 4.25. The van der Waals surface area contributed by atoms with E-state index >= 15 is 0 Å². The summed E-state index contributed by atoms with van der Waals surface area (Å²) in [6.45, 7) is 2.73. The van der Waals surface area contributed by atoms with Crippen LogP contribution >= 0.6 is 23.5 Å². The van der Waals surface area contributed by atoms with Gasteiger partial charge in [-0.15, -0.1) is 23.5 Å². The highest BCUT2D eigenvalue weighted by Crippen LogP contribution is 2.57. The molecule has 3 aliphatic rings. The van der Waals surface area contributed by atoms with Gasteiger partial charge in [-0.1, -0.05) is 54.1 Å². The fraction of sp³-hybridized carbons (Fsp3) is 0.370. The van der Waals surface area contributed by atoms with Gasteiger partial charge in [0.25, 0.3) is 0 Å². The molecule has 5 rings (SSSR count). The molecule has 4 heteroatoms. The summed E-state index contributed by atoms with van der Waals surface area (Å²) in [6, 6.07) is 18.3. The van der Waals surface area contributed by atoms with Gasteiger partial charge in [-0.3, -0.25) is 4.79 Å². The lowest BCUT2D eigenvalue weighted by Crippen LogP contribution is -2.40. The van der Waals surface area contributed by atoms with Gasteiger partial charge in [0.05, 0.1) is 9.49 Å². The number of ether oxygens (including phenoxy) is 1. The summed E-state index contributed by atoms with van der Waals surface area (Å²) in [5.41, 5.74) is 4.27. The number of fused-ring (bicyclic) bond motifs is 1. The van der Waals surface area contributed by atoms with Crippen LogP contribution in [-0.4, -0.2) is 21.4 Å². The lowest BCUT2D eigenvalue weighted by atomic mass is 9.63. The molecule has 160 valence electrons. The Morgan fingerprint density at radius 2 is 1.71 bits per heavy atom. The molecule has 2 aromatic carbocycles. The van der Waals surface area contributed by atoms with Crippen LogP contribution in [0.2, 0.25) is 0 Å². The average molecular weight is 449 g/mol. The zero-order valence-electron chi connectivity index (χ0n) is 17.9. The van der Waals surface area contributed by atoms with Gasteiger partial charge in [0, 0.05) is 11.5 Å². The van der Waals surface area contributed by atoms with E-state index in [1.807, 2.05) is 30.3 Å². The van der Waals surface area contributed by atoms with Crippen LogP contribution in [0.1, 0.15) is 43.7 Å². The van der Waals surface area contributed by atoms with Crippen molar-refractivity contribution in [3.05, 3.63) is 82.9 Å². The van der Waals surface area contributed by atoms with Gasteiger partial charge in [0.1, 0.15) is 12.4 Å². The number of thioether (sulfide) groups is 2. The van der Waals surface area contributed by atoms with Crippen LogP contribution in [0, 0.1) is 5.41 Å². The Bertz CT molecular complexity index is 1020. The fourth-order valence-electron chi connectivity index (χ4n) is 4.86. The summed E-state index contributed by atoms with van der Waals surface area (Å²) < 4.78 is 6.13. The molecule has 31 heavy (non-hydrogen) atoms. The van der Waals surface area contributed by atoms with Crippen molar-refractivity contribution in [1.29, 1.82) is 0 Å². The first-order valence-electron chi connectivity index (χ1n) is 11.1. The fourth-order valence-corrected chi connectivity index (χ4v) is 8.00. The molecule has 1 saturated carbocycles. The Hall–Kier alpha value is -1.91. The molecule has 0 N–H and O–H groups in total. The van der Waals surface area contributed by atoms with Crippen molar-refractivity contribution >= 4 is 35.4 Å². The maximum absolute atomic E-state index is 13.5. The van der Waals surface area contributed by atoms with Crippen molar-refractivity contribution in [2.24, 2.45) is 5.41 Å². The molecule has 1 aliphatic heterocycles. The first-order chi connectivity index (χ1) is 15.1. The number of ketones is 1. The Labute approximate surface area is 193 Å². The topological polar surface area (TPSA) is 26.3 Å². The molecule has 1 atom stereocenters.